The Labute approximate surface area is 99.1 Å². The van der Waals surface area contributed by atoms with Crippen LogP contribution in [0.5, 0.6) is 0 Å². The zero-order valence-corrected chi connectivity index (χ0v) is 9.86. The third-order valence-corrected chi connectivity index (χ3v) is 4.76. The molecular formula is C11H12FNO3S. The number of hydrogen-bond acceptors (Lipinski definition) is 3. The first kappa shape index (κ1) is 12.2. The minimum atomic E-state index is -3.68. The van der Waals surface area contributed by atoms with Crippen LogP contribution in [0.15, 0.2) is 29.2 Å². The lowest BCUT2D eigenvalue weighted by atomic mass is 10.2. The summed E-state index contributed by atoms with van der Waals surface area (Å²) in [6.07, 6.45) is 1.86. The fourth-order valence-corrected chi connectivity index (χ4v) is 3.57. The van der Waals surface area contributed by atoms with Crippen molar-refractivity contribution in [1.29, 1.82) is 0 Å². The van der Waals surface area contributed by atoms with Crippen LogP contribution >= 0.6 is 0 Å². The first-order valence-corrected chi connectivity index (χ1v) is 6.72. The third kappa shape index (κ3) is 2.23. The van der Waals surface area contributed by atoms with Crippen LogP contribution in [0.4, 0.5) is 4.39 Å². The summed E-state index contributed by atoms with van der Waals surface area (Å²) in [5, 5.41) is 0. The maximum Gasteiger partial charge on any atom is 0.243 e. The molecule has 0 bridgehead atoms. The Morgan fingerprint density at radius 3 is 2.53 bits per heavy atom. The lowest BCUT2D eigenvalue weighted by molar-refractivity contribution is -0.110. The zero-order valence-electron chi connectivity index (χ0n) is 9.04. The van der Waals surface area contributed by atoms with Gasteiger partial charge in [-0.3, -0.25) is 0 Å². The van der Waals surface area contributed by atoms with Crippen molar-refractivity contribution in [1.82, 2.24) is 4.31 Å². The first-order valence-electron chi connectivity index (χ1n) is 5.28. The van der Waals surface area contributed by atoms with Crippen LogP contribution in [0.2, 0.25) is 0 Å². The van der Waals surface area contributed by atoms with Gasteiger partial charge >= 0.3 is 0 Å². The van der Waals surface area contributed by atoms with E-state index in [2.05, 4.69) is 0 Å². The Morgan fingerprint density at radius 2 is 1.94 bits per heavy atom. The van der Waals surface area contributed by atoms with Gasteiger partial charge in [0.25, 0.3) is 0 Å². The van der Waals surface area contributed by atoms with E-state index in [0.29, 0.717) is 25.7 Å². The number of carbonyl (C=O) groups excluding carboxylic acids is 1. The molecule has 0 radical (unpaired) electrons. The fourth-order valence-electron chi connectivity index (χ4n) is 1.94. The standard InChI is InChI=1S/C11H12FNO3S/c12-9-3-5-11(6-4-9)17(15,16)13-7-1-2-10(13)8-14/h3-6,8,10H,1-2,7H2/t10-/m1/s1. The summed E-state index contributed by atoms with van der Waals surface area (Å²) in [5.41, 5.74) is 0. The number of aldehydes is 1. The summed E-state index contributed by atoms with van der Waals surface area (Å²) < 4.78 is 38.2. The van der Waals surface area contributed by atoms with Crippen LogP contribution < -0.4 is 0 Å². The summed E-state index contributed by atoms with van der Waals surface area (Å²) in [5.74, 6) is -0.489. The van der Waals surface area contributed by atoms with Crippen molar-refractivity contribution < 1.29 is 17.6 Å². The zero-order chi connectivity index (χ0) is 12.5. The topological polar surface area (TPSA) is 54.5 Å². The average molecular weight is 257 g/mol. The number of benzene rings is 1. The molecule has 1 fully saturated rings. The lowest BCUT2D eigenvalue weighted by Gasteiger charge is -2.19. The SMILES string of the molecule is O=C[C@H]1CCCN1S(=O)(=O)c1ccc(F)cc1. The third-order valence-electron chi connectivity index (χ3n) is 2.83. The van der Waals surface area contributed by atoms with Gasteiger partial charge in [0, 0.05) is 6.54 Å². The Morgan fingerprint density at radius 1 is 1.29 bits per heavy atom. The molecule has 1 aliphatic rings. The molecule has 0 saturated carbocycles. The first-order chi connectivity index (χ1) is 8.05. The maximum atomic E-state index is 12.7. The smallest absolute Gasteiger partial charge is 0.243 e. The normalized spacial score (nSPS) is 21.6. The Bertz CT molecular complexity index is 512. The van der Waals surface area contributed by atoms with Gasteiger partial charge in [0.05, 0.1) is 10.9 Å². The molecule has 6 heteroatoms. The molecular weight excluding hydrogens is 245 g/mol. The van der Waals surface area contributed by atoms with E-state index in [-0.39, 0.29) is 4.90 Å². The van der Waals surface area contributed by atoms with E-state index in [1.165, 1.54) is 16.4 Å². The van der Waals surface area contributed by atoms with E-state index in [9.17, 15) is 17.6 Å². The molecule has 0 N–H and O–H groups in total. The van der Waals surface area contributed by atoms with Crippen molar-refractivity contribution in [3.63, 3.8) is 0 Å². The average Bonchev–Trinajstić information content (AvgIpc) is 2.78. The van der Waals surface area contributed by atoms with Crippen LogP contribution in [0.25, 0.3) is 0 Å². The van der Waals surface area contributed by atoms with E-state index in [1.807, 2.05) is 0 Å². The van der Waals surface area contributed by atoms with Gasteiger partial charge in [-0.25, -0.2) is 12.8 Å². The van der Waals surface area contributed by atoms with Gasteiger partial charge in [-0.2, -0.15) is 4.31 Å². The molecule has 1 aromatic rings. The molecule has 1 aromatic carbocycles. The van der Waals surface area contributed by atoms with Crippen molar-refractivity contribution in [2.45, 2.75) is 23.8 Å². The molecule has 4 nitrogen and oxygen atoms in total. The molecule has 0 aliphatic carbocycles. The molecule has 0 amide bonds. The van der Waals surface area contributed by atoms with Gasteiger partial charge in [-0.1, -0.05) is 0 Å². The lowest BCUT2D eigenvalue weighted by Crippen LogP contribution is -2.36. The van der Waals surface area contributed by atoms with Gasteiger partial charge < -0.3 is 4.79 Å². The molecule has 1 saturated heterocycles. The highest BCUT2D eigenvalue weighted by atomic mass is 32.2. The van der Waals surface area contributed by atoms with Crippen molar-refractivity contribution >= 4 is 16.3 Å². The Hall–Kier alpha value is -1.27. The molecule has 0 aromatic heterocycles. The molecule has 0 unspecified atom stereocenters. The molecule has 17 heavy (non-hydrogen) atoms. The number of sulfonamides is 1. The monoisotopic (exact) mass is 257 g/mol. The van der Waals surface area contributed by atoms with Gasteiger partial charge in [0.1, 0.15) is 12.1 Å². The Balaban J connectivity index is 2.36. The van der Waals surface area contributed by atoms with Crippen molar-refractivity contribution in [3.8, 4) is 0 Å². The summed E-state index contributed by atoms with van der Waals surface area (Å²) >= 11 is 0. The van der Waals surface area contributed by atoms with Gasteiger partial charge in [0.2, 0.25) is 10.0 Å². The second-order valence-electron chi connectivity index (χ2n) is 3.92. The van der Waals surface area contributed by atoms with Gasteiger partial charge in [-0.05, 0) is 37.1 Å². The van der Waals surface area contributed by atoms with Gasteiger partial charge in [-0.15, -0.1) is 0 Å². The van der Waals surface area contributed by atoms with Crippen molar-refractivity contribution in [2.75, 3.05) is 6.54 Å². The van der Waals surface area contributed by atoms with E-state index in [1.54, 1.807) is 0 Å². The molecule has 1 heterocycles. The van der Waals surface area contributed by atoms with Crippen LogP contribution in [-0.2, 0) is 14.8 Å². The largest absolute Gasteiger partial charge is 0.302 e. The highest BCUT2D eigenvalue weighted by Gasteiger charge is 2.34. The number of rotatable bonds is 3. The highest BCUT2D eigenvalue weighted by molar-refractivity contribution is 7.89. The minimum Gasteiger partial charge on any atom is -0.302 e. The van der Waals surface area contributed by atoms with Crippen molar-refractivity contribution in [2.24, 2.45) is 0 Å². The fraction of sp³-hybridized carbons (Fsp3) is 0.364. The van der Waals surface area contributed by atoms with E-state index in [0.717, 1.165) is 12.1 Å². The molecule has 92 valence electrons. The minimum absolute atomic E-state index is 0.0210. The molecule has 2 rings (SSSR count). The van der Waals surface area contributed by atoms with E-state index < -0.39 is 21.9 Å². The van der Waals surface area contributed by atoms with Crippen LogP contribution in [-0.4, -0.2) is 31.6 Å². The number of halogens is 1. The second-order valence-corrected chi connectivity index (χ2v) is 5.81. The maximum absolute atomic E-state index is 12.7. The Kier molecular flexibility index (Phi) is 3.26. The number of nitrogens with zero attached hydrogens (tertiary/aromatic N) is 1. The molecule has 1 atom stereocenters. The predicted molar refractivity (Wildman–Crippen MR) is 59.4 cm³/mol. The number of carbonyl (C=O) groups is 1. The summed E-state index contributed by atoms with van der Waals surface area (Å²) in [6.45, 7) is 0.336. The molecule has 0 spiro atoms. The summed E-state index contributed by atoms with van der Waals surface area (Å²) in [6, 6.07) is 4.03. The van der Waals surface area contributed by atoms with Crippen LogP contribution in [0.3, 0.4) is 0 Å². The number of hydrogen-bond donors (Lipinski definition) is 0. The van der Waals surface area contributed by atoms with Crippen molar-refractivity contribution in [3.05, 3.63) is 30.1 Å². The molecule has 1 aliphatic heterocycles. The van der Waals surface area contributed by atoms with Crippen LogP contribution in [0.1, 0.15) is 12.8 Å². The van der Waals surface area contributed by atoms with E-state index >= 15 is 0 Å². The predicted octanol–water partition coefficient (Wildman–Crippen LogP) is 1.18. The summed E-state index contributed by atoms with van der Waals surface area (Å²) in [7, 11) is -3.68. The highest BCUT2D eigenvalue weighted by Crippen LogP contribution is 2.24. The van der Waals surface area contributed by atoms with E-state index in [4.69, 9.17) is 0 Å². The summed E-state index contributed by atoms with van der Waals surface area (Å²) in [4.78, 5) is 10.8. The quantitative estimate of drug-likeness (QED) is 0.764. The second kappa shape index (κ2) is 4.54. The van der Waals surface area contributed by atoms with Gasteiger partial charge in [0.15, 0.2) is 0 Å². The van der Waals surface area contributed by atoms with Crippen LogP contribution in [0, 0.1) is 5.82 Å².